The number of rotatable bonds is 4. The largest absolute Gasteiger partial charge is 0.342 e. The van der Waals surface area contributed by atoms with E-state index in [1.165, 1.54) is 11.3 Å². The first-order valence-corrected chi connectivity index (χ1v) is 7.84. The Balaban J connectivity index is 2.39. The molecule has 0 saturated carbocycles. The lowest BCUT2D eigenvalue weighted by Crippen LogP contribution is -2.16. The Hall–Kier alpha value is -0.990. The van der Waals surface area contributed by atoms with Crippen LogP contribution in [0, 0.1) is 6.92 Å². The first-order valence-electron chi connectivity index (χ1n) is 6.34. The predicted molar refractivity (Wildman–Crippen MR) is 87.9 cm³/mol. The second-order valence-electron chi connectivity index (χ2n) is 4.49. The van der Waals surface area contributed by atoms with Crippen LogP contribution in [0.3, 0.4) is 0 Å². The van der Waals surface area contributed by atoms with Gasteiger partial charge in [0.25, 0.3) is 0 Å². The standard InChI is InChI=1S/C16H17BrClN/c1-3-19(14-6-4-5-12(2)9-14)15-8-7-13(11-17)16(18)10-15/h4-10H,3,11H2,1-2H3. The van der Waals surface area contributed by atoms with Crippen LogP contribution in [0.25, 0.3) is 0 Å². The van der Waals surface area contributed by atoms with Crippen molar-refractivity contribution in [3.63, 3.8) is 0 Å². The SMILES string of the molecule is CCN(c1cccc(C)c1)c1ccc(CBr)c(Cl)c1. The van der Waals surface area contributed by atoms with Gasteiger partial charge in [-0.15, -0.1) is 0 Å². The van der Waals surface area contributed by atoms with Crippen molar-refractivity contribution in [1.29, 1.82) is 0 Å². The topological polar surface area (TPSA) is 3.24 Å². The fraction of sp³-hybridized carbons (Fsp3) is 0.250. The van der Waals surface area contributed by atoms with Gasteiger partial charge in [-0.1, -0.05) is 45.7 Å². The van der Waals surface area contributed by atoms with E-state index in [1.807, 2.05) is 6.07 Å². The highest BCUT2D eigenvalue weighted by Crippen LogP contribution is 2.30. The minimum atomic E-state index is 0.780. The Kier molecular flexibility index (Phi) is 4.89. The average molecular weight is 339 g/mol. The summed E-state index contributed by atoms with van der Waals surface area (Å²) in [6.07, 6.45) is 0. The minimum Gasteiger partial charge on any atom is -0.342 e. The molecule has 0 amide bonds. The van der Waals surface area contributed by atoms with Crippen LogP contribution in [0.5, 0.6) is 0 Å². The summed E-state index contributed by atoms with van der Waals surface area (Å²) in [5.41, 5.74) is 4.71. The highest BCUT2D eigenvalue weighted by molar-refractivity contribution is 9.08. The molecule has 2 rings (SSSR count). The lowest BCUT2D eigenvalue weighted by atomic mass is 10.1. The number of benzene rings is 2. The molecule has 3 heteroatoms. The minimum absolute atomic E-state index is 0.780. The Morgan fingerprint density at radius 1 is 1.11 bits per heavy atom. The summed E-state index contributed by atoms with van der Waals surface area (Å²) in [5, 5.41) is 1.59. The summed E-state index contributed by atoms with van der Waals surface area (Å²) in [6.45, 7) is 5.17. The van der Waals surface area contributed by atoms with E-state index in [0.717, 1.165) is 28.1 Å². The van der Waals surface area contributed by atoms with E-state index >= 15 is 0 Å². The second kappa shape index (κ2) is 6.44. The third-order valence-electron chi connectivity index (χ3n) is 3.12. The maximum Gasteiger partial charge on any atom is 0.0467 e. The van der Waals surface area contributed by atoms with Gasteiger partial charge < -0.3 is 4.90 Å². The third kappa shape index (κ3) is 3.31. The number of nitrogens with zero attached hydrogens (tertiary/aromatic N) is 1. The van der Waals surface area contributed by atoms with E-state index in [0.29, 0.717) is 0 Å². The number of halogens is 2. The van der Waals surface area contributed by atoms with Crippen LogP contribution in [0.15, 0.2) is 42.5 Å². The number of aryl methyl sites for hydroxylation is 1. The molecule has 0 aliphatic carbocycles. The van der Waals surface area contributed by atoms with Crippen LogP contribution in [-0.4, -0.2) is 6.54 Å². The van der Waals surface area contributed by atoms with E-state index in [2.05, 4.69) is 71.1 Å². The Morgan fingerprint density at radius 2 is 1.84 bits per heavy atom. The molecule has 0 unspecified atom stereocenters. The molecule has 0 bridgehead atoms. The fourth-order valence-electron chi connectivity index (χ4n) is 2.12. The van der Waals surface area contributed by atoms with E-state index < -0.39 is 0 Å². The molecule has 0 aliphatic rings. The monoisotopic (exact) mass is 337 g/mol. The summed E-state index contributed by atoms with van der Waals surface area (Å²) in [5.74, 6) is 0. The fourth-order valence-corrected chi connectivity index (χ4v) is 3.01. The van der Waals surface area contributed by atoms with Gasteiger partial charge in [0.1, 0.15) is 0 Å². The molecule has 0 atom stereocenters. The summed E-state index contributed by atoms with van der Waals surface area (Å²) < 4.78 is 0. The van der Waals surface area contributed by atoms with Gasteiger partial charge in [-0.05, 0) is 49.2 Å². The van der Waals surface area contributed by atoms with Gasteiger partial charge in [-0.2, -0.15) is 0 Å². The smallest absolute Gasteiger partial charge is 0.0467 e. The van der Waals surface area contributed by atoms with Crippen molar-refractivity contribution in [1.82, 2.24) is 0 Å². The number of anilines is 2. The molecule has 0 aromatic heterocycles. The van der Waals surface area contributed by atoms with Crippen LogP contribution in [-0.2, 0) is 5.33 Å². The highest BCUT2D eigenvalue weighted by Gasteiger charge is 2.09. The normalized spacial score (nSPS) is 10.5. The molecular formula is C16H17BrClN. The van der Waals surface area contributed by atoms with Crippen LogP contribution in [0.4, 0.5) is 11.4 Å². The van der Waals surface area contributed by atoms with Gasteiger partial charge in [0.2, 0.25) is 0 Å². The van der Waals surface area contributed by atoms with Crippen molar-refractivity contribution in [2.45, 2.75) is 19.2 Å². The van der Waals surface area contributed by atoms with E-state index in [1.54, 1.807) is 0 Å². The maximum absolute atomic E-state index is 6.29. The molecule has 19 heavy (non-hydrogen) atoms. The van der Waals surface area contributed by atoms with Gasteiger partial charge in [-0.3, -0.25) is 0 Å². The van der Waals surface area contributed by atoms with Gasteiger partial charge in [0.05, 0.1) is 0 Å². The molecule has 0 fully saturated rings. The van der Waals surface area contributed by atoms with Gasteiger partial charge >= 0.3 is 0 Å². The van der Waals surface area contributed by atoms with Gasteiger partial charge in [-0.25, -0.2) is 0 Å². The van der Waals surface area contributed by atoms with E-state index in [9.17, 15) is 0 Å². The van der Waals surface area contributed by atoms with E-state index in [-0.39, 0.29) is 0 Å². The Labute approximate surface area is 128 Å². The molecule has 0 spiro atoms. The maximum atomic E-state index is 6.29. The summed E-state index contributed by atoms with van der Waals surface area (Å²) in [6, 6.07) is 14.7. The van der Waals surface area contributed by atoms with E-state index in [4.69, 9.17) is 11.6 Å². The van der Waals surface area contributed by atoms with Crippen molar-refractivity contribution in [2.24, 2.45) is 0 Å². The zero-order valence-corrected chi connectivity index (χ0v) is 13.5. The van der Waals surface area contributed by atoms with Crippen molar-refractivity contribution >= 4 is 38.9 Å². The zero-order chi connectivity index (χ0) is 13.8. The molecule has 0 heterocycles. The molecule has 2 aromatic carbocycles. The third-order valence-corrected chi connectivity index (χ3v) is 4.08. The molecular weight excluding hydrogens is 322 g/mol. The van der Waals surface area contributed by atoms with Crippen LogP contribution in [0.1, 0.15) is 18.1 Å². The molecule has 0 saturated heterocycles. The van der Waals surface area contributed by atoms with Crippen LogP contribution in [0.2, 0.25) is 5.02 Å². The first kappa shape index (κ1) is 14.4. The van der Waals surface area contributed by atoms with Crippen molar-refractivity contribution < 1.29 is 0 Å². The average Bonchev–Trinajstić information content (AvgIpc) is 2.40. The summed E-state index contributed by atoms with van der Waals surface area (Å²) in [4.78, 5) is 2.26. The molecule has 0 radical (unpaired) electrons. The predicted octanol–water partition coefficient (Wildman–Crippen LogP) is 5.70. The zero-order valence-electron chi connectivity index (χ0n) is 11.2. The summed E-state index contributed by atoms with van der Waals surface area (Å²) in [7, 11) is 0. The molecule has 2 aromatic rings. The van der Waals surface area contributed by atoms with Gasteiger partial charge in [0, 0.05) is 28.3 Å². The lowest BCUT2D eigenvalue weighted by molar-refractivity contribution is 1.02. The second-order valence-corrected chi connectivity index (χ2v) is 5.46. The first-order chi connectivity index (χ1) is 9.15. The lowest BCUT2D eigenvalue weighted by Gasteiger charge is -2.24. The molecule has 100 valence electrons. The Bertz CT molecular complexity index is 568. The van der Waals surface area contributed by atoms with Crippen molar-refractivity contribution in [3.05, 3.63) is 58.6 Å². The molecule has 1 nitrogen and oxygen atoms in total. The Morgan fingerprint density at radius 3 is 2.42 bits per heavy atom. The molecule has 0 N–H and O–H groups in total. The molecule has 0 aliphatic heterocycles. The van der Waals surface area contributed by atoms with Crippen LogP contribution >= 0.6 is 27.5 Å². The number of hydrogen-bond acceptors (Lipinski definition) is 1. The number of alkyl halides is 1. The highest BCUT2D eigenvalue weighted by atomic mass is 79.9. The van der Waals surface area contributed by atoms with Gasteiger partial charge in [0.15, 0.2) is 0 Å². The number of hydrogen-bond donors (Lipinski definition) is 0. The van der Waals surface area contributed by atoms with Crippen molar-refractivity contribution in [2.75, 3.05) is 11.4 Å². The van der Waals surface area contributed by atoms with Crippen LogP contribution < -0.4 is 4.90 Å². The van der Waals surface area contributed by atoms with Crippen molar-refractivity contribution in [3.8, 4) is 0 Å². The summed E-state index contributed by atoms with van der Waals surface area (Å²) >= 11 is 9.74. The quantitative estimate of drug-likeness (QED) is 0.646.